The van der Waals surface area contributed by atoms with Gasteiger partial charge in [-0.25, -0.2) is 4.79 Å². The molecule has 1 aliphatic heterocycles. The van der Waals surface area contributed by atoms with Gasteiger partial charge in [0, 0.05) is 25.0 Å². The number of aliphatic carboxylic acids is 1. The van der Waals surface area contributed by atoms with Gasteiger partial charge in [-0.05, 0) is 51.4 Å². The second-order valence-electron chi connectivity index (χ2n) is 6.58. The van der Waals surface area contributed by atoms with Crippen LogP contribution in [0.4, 0.5) is 4.79 Å². The lowest BCUT2D eigenvalue weighted by Crippen LogP contribution is -2.54. The molecule has 5 heteroatoms. The number of carboxylic acid groups (broad SMARTS) is 1. The minimum atomic E-state index is -0.769. The number of nitrogens with one attached hydrogen (secondary N) is 1. The monoisotopic (exact) mass is 296 g/mol. The molecule has 1 aliphatic carbocycles. The number of amides is 2. The third kappa shape index (κ3) is 4.61. The third-order valence-corrected chi connectivity index (χ3v) is 4.90. The van der Waals surface area contributed by atoms with Gasteiger partial charge in [0.15, 0.2) is 0 Å². The van der Waals surface area contributed by atoms with Gasteiger partial charge >= 0.3 is 12.0 Å². The lowest BCUT2D eigenvalue weighted by atomic mass is 9.78. The molecule has 21 heavy (non-hydrogen) atoms. The first-order chi connectivity index (χ1) is 10.1. The number of likely N-dealkylation sites (tertiary alicyclic amines) is 1. The lowest BCUT2D eigenvalue weighted by Gasteiger charge is -2.44. The average molecular weight is 296 g/mol. The molecule has 1 saturated heterocycles. The summed E-state index contributed by atoms with van der Waals surface area (Å²) in [5.74, 6) is -0.0739. The first kappa shape index (κ1) is 16.1. The van der Waals surface area contributed by atoms with E-state index in [9.17, 15) is 9.59 Å². The highest BCUT2D eigenvalue weighted by molar-refractivity contribution is 5.75. The van der Waals surface area contributed by atoms with Crippen LogP contribution in [0.3, 0.4) is 0 Å². The van der Waals surface area contributed by atoms with Crippen LogP contribution in [-0.2, 0) is 4.79 Å². The Hall–Kier alpha value is -1.26. The Labute approximate surface area is 127 Å². The molecule has 3 atom stereocenters. The second-order valence-corrected chi connectivity index (χ2v) is 6.58. The predicted octanol–water partition coefficient (Wildman–Crippen LogP) is 2.99. The van der Waals surface area contributed by atoms with Crippen LogP contribution in [0, 0.1) is 5.92 Å². The minimum Gasteiger partial charge on any atom is -0.481 e. The maximum Gasteiger partial charge on any atom is 0.317 e. The van der Waals surface area contributed by atoms with Crippen molar-refractivity contribution in [3.8, 4) is 0 Å². The average Bonchev–Trinajstić information content (AvgIpc) is 2.46. The van der Waals surface area contributed by atoms with Crippen LogP contribution < -0.4 is 5.32 Å². The summed E-state index contributed by atoms with van der Waals surface area (Å²) in [6, 6.07) is 0.522. The molecule has 2 rings (SSSR count). The Morgan fingerprint density at radius 1 is 1.24 bits per heavy atom. The van der Waals surface area contributed by atoms with Gasteiger partial charge in [-0.3, -0.25) is 4.79 Å². The number of carboxylic acids is 1. The number of piperidine rings is 1. The molecule has 2 fully saturated rings. The largest absolute Gasteiger partial charge is 0.481 e. The van der Waals surface area contributed by atoms with E-state index in [1.165, 1.54) is 25.7 Å². The highest BCUT2D eigenvalue weighted by atomic mass is 16.4. The Kier molecular flexibility index (Phi) is 5.88. The van der Waals surface area contributed by atoms with Crippen molar-refractivity contribution < 1.29 is 14.7 Å². The fourth-order valence-corrected chi connectivity index (χ4v) is 3.80. The predicted molar refractivity (Wildman–Crippen MR) is 81.2 cm³/mol. The summed E-state index contributed by atoms with van der Waals surface area (Å²) in [5.41, 5.74) is 0. The van der Waals surface area contributed by atoms with Crippen LogP contribution in [0.2, 0.25) is 0 Å². The van der Waals surface area contributed by atoms with E-state index in [2.05, 4.69) is 5.32 Å². The third-order valence-electron chi connectivity index (χ3n) is 4.90. The second kappa shape index (κ2) is 7.66. The number of rotatable bonds is 5. The van der Waals surface area contributed by atoms with Gasteiger partial charge < -0.3 is 15.3 Å². The van der Waals surface area contributed by atoms with Gasteiger partial charge in [-0.15, -0.1) is 0 Å². The Morgan fingerprint density at radius 3 is 2.71 bits per heavy atom. The van der Waals surface area contributed by atoms with E-state index >= 15 is 0 Å². The summed E-state index contributed by atoms with van der Waals surface area (Å²) in [6.07, 6.45) is 8.84. The molecule has 2 N–H and O–H groups in total. The van der Waals surface area contributed by atoms with Crippen molar-refractivity contribution >= 4 is 12.0 Å². The Bertz CT molecular complexity index is 371. The summed E-state index contributed by atoms with van der Waals surface area (Å²) in [7, 11) is 0. The van der Waals surface area contributed by atoms with E-state index in [4.69, 9.17) is 5.11 Å². The SMILES string of the molecule is CC(CCCC(=O)O)NC(=O)N1CCCC2CCCCC21. The zero-order chi connectivity index (χ0) is 15.2. The summed E-state index contributed by atoms with van der Waals surface area (Å²) in [4.78, 5) is 25.0. The maximum absolute atomic E-state index is 12.5. The van der Waals surface area contributed by atoms with E-state index in [0.29, 0.717) is 18.4 Å². The Morgan fingerprint density at radius 2 is 1.95 bits per heavy atom. The molecule has 3 unspecified atom stereocenters. The van der Waals surface area contributed by atoms with E-state index in [1.54, 1.807) is 0 Å². The summed E-state index contributed by atoms with van der Waals surface area (Å²) in [6.45, 7) is 2.83. The molecule has 120 valence electrons. The van der Waals surface area contributed by atoms with Crippen LogP contribution in [0.25, 0.3) is 0 Å². The van der Waals surface area contributed by atoms with Crippen molar-refractivity contribution in [3.63, 3.8) is 0 Å². The molecule has 0 aromatic heterocycles. The normalized spacial score (nSPS) is 26.8. The molecule has 0 aromatic rings. The van der Waals surface area contributed by atoms with Crippen molar-refractivity contribution in [2.45, 2.75) is 76.8 Å². The molecule has 0 radical (unpaired) electrons. The zero-order valence-electron chi connectivity index (χ0n) is 13.0. The standard InChI is InChI=1S/C16H28N2O3/c1-12(6-4-10-15(19)20)17-16(21)18-11-5-8-13-7-2-3-9-14(13)18/h12-14H,2-11H2,1H3,(H,17,21)(H,19,20). The molecular formula is C16H28N2O3. The van der Waals surface area contributed by atoms with Crippen LogP contribution in [0.1, 0.15) is 64.7 Å². The van der Waals surface area contributed by atoms with Crippen LogP contribution in [0.15, 0.2) is 0 Å². The van der Waals surface area contributed by atoms with Gasteiger partial charge in [0.25, 0.3) is 0 Å². The van der Waals surface area contributed by atoms with Gasteiger partial charge in [0.2, 0.25) is 0 Å². The lowest BCUT2D eigenvalue weighted by molar-refractivity contribution is -0.137. The van der Waals surface area contributed by atoms with Crippen molar-refractivity contribution in [2.24, 2.45) is 5.92 Å². The fraction of sp³-hybridized carbons (Fsp3) is 0.875. The number of fused-ring (bicyclic) bond motifs is 1. The molecule has 1 saturated carbocycles. The first-order valence-electron chi connectivity index (χ1n) is 8.37. The number of hydrogen-bond donors (Lipinski definition) is 2. The van der Waals surface area contributed by atoms with Gasteiger partial charge in [-0.1, -0.05) is 12.8 Å². The van der Waals surface area contributed by atoms with Gasteiger partial charge in [0.1, 0.15) is 0 Å². The number of nitrogens with zero attached hydrogens (tertiary/aromatic N) is 1. The van der Waals surface area contributed by atoms with Crippen LogP contribution in [0.5, 0.6) is 0 Å². The van der Waals surface area contributed by atoms with Crippen LogP contribution in [-0.4, -0.2) is 40.6 Å². The number of carbonyl (C=O) groups is 2. The zero-order valence-corrected chi connectivity index (χ0v) is 13.0. The molecule has 2 aliphatic rings. The minimum absolute atomic E-state index is 0.0424. The van der Waals surface area contributed by atoms with Crippen molar-refractivity contribution in [1.82, 2.24) is 10.2 Å². The molecular weight excluding hydrogens is 268 g/mol. The molecule has 0 spiro atoms. The first-order valence-corrected chi connectivity index (χ1v) is 8.37. The summed E-state index contributed by atoms with van der Waals surface area (Å²) in [5, 5.41) is 11.7. The fourth-order valence-electron chi connectivity index (χ4n) is 3.80. The topological polar surface area (TPSA) is 69.6 Å². The number of carbonyl (C=O) groups excluding carboxylic acids is 1. The van der Waals surface area contributed by atoms with Crippen molar-refractivity contribution in [1.29, 1.82) is 0 Å². The van der Waals surface area contributed by atoms with Gasteiger partial charge in [-0.2, -0.15) is 0 Å². The molecule has 0 aromatic carbocycles. The van der Waals surface area contributed by atoms with Crippen molar-refractivity contribution in [3.05, 3.63) is 0 Å². The van der Waals surface area contributed by atoms with E-state index in [-0.39, 0.29) is 18.5 Å². The van der Waals surface area contributed by atoms with E-state index in [1.807, 2.05) is 11.8 Å². The van der Waals surface area contributed by atoms with E-state index < -0.39 is 5.97 Å². The van der Waals surface area contributed by atoms with E-state index in [0.717, 1.165) is 25.8 Å². The maximum atomic E-state index is 12.5. The summed E-state index contributed by atoms with van der Waals surface area (Å²) >= 11 is 0. The molecule has 5 nitrogen and oxygen atoms in total. The van der Waals surface area contributed by atoms with Crippen molar-refractivity contribution in [2.75, 3.05) is 6.54 Å². The quantitative estimate of drug-likeness (QED) is 0.819. The highest BCUT2D eigenvalue weighted by Gasteiger charge is 2.35. The number of hydrogen-bond acceptors (Lipinski definition) is 2. The van der Waals surface area contributed by atoms with Gasteiger partial charge in [0.05, 0.1) is 0 Å². The summed E-state index contributed by atoms with van der Waals surface area (Å²) < 4.78 is 0. The molecule has 1 heterocycles. The number of urea groups is 1. The Balaban J connectivity index is 1.79. The highest BCUT2D eigenvalue weighted by Crippen LogP contribution is 2.35. The smallest absolute Gasteiger partial charge is 0.317 e. The molecule has 0 bridgehead atoms. The molecule has 2 amide bonds. The van der Waals surface area contributed by atoms with Crippen LogP contribution >= 0.6 is 0 Å².